The Kier molecular flexibility index (Phi) is 3.25. The third-order valence-corrected chi connectivity index (χ3v) is 2.80. The Hall–Kier alpha value is -0.910. The summed E-state index contributed by atoms with van der Waals surface area (Å²) in [7, 11) is 0. The second-order valence-electron chi connectivity index (χ2n) is 2.66. The first-order valence-electron chi connectivity index (χ1n) is 3.57. The van der Waals surface area contributed by atoms with Crippen molar-refractivity contribution in [2.75, 3.05) is 0 Å². The summed E-state index contributed by atoms with van der Waals surface area (Å²) in [4.78, 5) is 10.7. The zero-order chi connectivity index (χ0) is 10.9. The van der Waals surface area contributed by atoms with Crippen LogP contribution >= 0.6 is 11.6 Å². The molecule has 0 aliphatic heterocycles. The number of aromatic carboxylic acids is 1. The van der Waals surface area contributed by atoms with Crippen LogP contribution in [0.4, 0.5) is 0 Å². The van der Waals surface area contributed by atoms with Crippen molar-refractivity contribution < 1.29 is 18.7 Å². The Balaban J connectivity index is 3.43. The molecular weight excluding hydrogens is 228 g/mol. The Bertz CT molecular complexity index is 416. The molecule has 0 fully saturated rings. The molecule has 6 heteroatoms. The highest BCUT2D eigenvalue weighted by atomic mass is 35.5. The molecular formula is C8H7ClO4S. The van der Waals surface area contributed by atoms with Crippen LogP contribution in [0.15, 0.2) is 17.0 Å². The van der Waals surface area contributed by atoms with Gasteiger partial charge in [-0.1, -0.05) is 11.6 Å². The first-order chi connectivity index (χ1) is 6.43. The molecule has 0 aliphatic rings. The van der Waals surface area contributed by atoms with Crippen LogP contribution in [0, 0.1) is 6.92 Å². The van der Waals surface area contributed by atoms with Gasteiger partial charge in [0.2, 0.25) is 0 Å². The van der Waals surface area contributed by atoms with Crippen molar-refractivity contribution in [3.8, 4) is 0 Å². The summed E-state index contributed by atoms with van der Waals surface area (Å²) in [5, 5.41) is 8.82. The molecule has 0 bridgehead atoms. The predicted octanol–water partition coefficient (Wildman–Crippen LogP) is 1.93. The lowest BCUT2D eigenvalue weighted by Gasteiger charge is -2.04. The fourth-order valence-electron chi connectivity index (χ4n) is 0.993. The van der Waals surface area contributed by atoms with E-state index in [4.69, 9.17) is 21.3 Å². The molecule has 1 aromatic rings. The minimum atomic E-state index is -2.20. The molecule has 0 saturated heterocycles. The van der Waals surface area contributed by atoms with Crippen molar-refractivity contribution in [3.05, 3.63) is 28.3 Å². The monoisotopic (exact) mass is 234 g/mol. The Morgan fingerprint density at radius 3 is 2.50 bits per heavy atom. The second-order valence-corrected chi connectivity index (χ2v) is 4.00. The van der Waals surface area contributed by atoms with Gasteiger partial charge >= 0.3 is 5.97 Å². The average molecular weight is 235 g/mol. The molecule has 0 radical (unpaired) electrons. The van der Waals surface area contributed by atoms with Gasteiger partial charge in [0.15, 0.2) is 11.1 Å². The minimum Gasteiger partial charge on any atom is -0.478 e. The molecule has 2 N–H and O–H groups in total. The van der Waals surface area contributed by atoms with E-state index in [9.17, 15) is 9.00 Å². The second kappa shape index (κ2) is 4.08. The van der Waals surface area contributed by atoms with E-state index >= 15 is 0 Å². The number of hydrogen-bond donors (Lipinski definition) is 2. The number of carboxylic acids is 1. The van der Waals surface area contributed by atoms with Crippen LogP contribution in [0.1, 0.15) is 15.9 Å². The molecule has 14 heavy (non-hydrogen) atoms. The van der Waals surface area contributed by atoms with Crippen LogP contribution in [-0.2, 0) is 11.1 Å². The normalized spacial score (nSPS) is 12.5. The summed E-state index contributed by atoms with van der Waals surface area (Å²) >= 11 is 3.51. The van der Waals surface area contributed by atoms with Gasteiger partial charge in [-0.05, 0) is 24.6 Å². The van der Waals surface area contributed by atoms with E-state index in [1.165, 1.54) is 6.07 Å². The number of halogens is 1. The lowest BCUT2D eigenvalue weighted by Crippen LogP contribution is -2.01. The van der Waals surface area contributed by atoms with Gasteiger partial charge in [0.05, 0.1) is 15.5 Å². The van der Waals surface area contributed by atoms with Crippen LogP contribution < -0.4 is 0 Å². The number of carboxylic acid groups (broad SMARTS) is 1. The standard InChI is InChI=1S/C8H7ClO4S/c1-4-2-5(14(12)13)3-6(7(4)9)8(10)11/h2-3H,1H3,(H,10,11)(H,12,13). The van der Waals surface area contributed by atoms with Crippen molar-refractivity contribution >= 4 is 28.7 Å². The van der Waals surface area contributed by atoms with Crippen molar-refractivity contribution in [2.24, 2.45) is 0 Å². The summed E-state index contributed by atoms with van der Waals surface area (Å²) in [5.74, 6) is -1.22. The molecule has 0 spiro atoms. The molecule has 0 aromatic heterocycles. The number of hydrogen-bond acceptors (Lipinski definition) is 2. The van der Waals surface area contributed by atoms with E-state index in [0.717, 1.165) is 6.07 Å². The average Bonchev–Trinajstić information content (AvgIpc) is 2.08. The Morgan fingerprint density at radius 2 is 2.07 bits per heavy atom. The summed E-state index contributed by atoms with van der Waals surface area (Å²) in [6, 6.07) is 2.47. The zero-order valence-electron chi connectivity index (χ0n) is 7.15. The molecule has 4 nitrogen and oxygen atoms in total. The topological polar surface area (TPSA) is 74.6 Å². The summed E-state index contributed by atoms with van der Waals surface area (Å²) < 4.78 is 19.5. The highest BCUT2D eigenvalue weighted by Gasteiger charge is 2.14. The number of aryl methyl sites for hydroxylation is 1. The van der Waals surface area contributed by atoms with E-state index in [1.807, 2.05) is 0 Å². The summed E-state index contributed by atoms with van der Waals surface area (Å²) in [6.45, 7) is 1.57. The molecule has 1 atom stereocenters. The van der Waals surface area contributed by atoms with Gasteiger partial charge in [-0.3, -0.25) is 0 Å². The van der Waals surface area contributed by atoms with Crippen LogP contribution in [0.2, 0.25) is 5.02 Å². The predicted molar refractivity (Wildman–Crippen MR) is 52.2 cm³/mol. The molecule has 0 saturated carbocycles. The quantitative estimate of drug-likeness (QED) is 0.767. The summed E-state index contributed by atoms with van der Waals surface area (Å²) in [6.07, 6.45) is 0. The third-order valence-electron chi connectivity index (χ3n) is 1.66. The highest BCUT2D eigenvalue weighted by Crippen LogP contribution is 2.23. The Morgan fingerprint density at radius 1 is 1.50 bits per heavy atom. The number of rotatable bonds is 2. The van der Waals surface area contributed by atoms with Gasteiger partial charge < -0.3 is 9.66 Å². The van der Waals surface area contributed by atoms with Crippen molar-refractivity contribution in [1.29, 1.82) is 0 Å². The highest BCUT2D eigenvalue weighted by molar-refractivity contribution is 7.79. The lowest BCUT2D eigenvalue weighted by molar-refractivity contribution is 0.0696. The Labute approximate surface area is 87.8 Å². The van der Waals surface area contributed by atoms with Gasteiger partial charge in [-0.25, -0.2) is 9.00 Å². The maximum Gasteiger partial charge on any atom is 0.337 e. The molecule has 0 aliphatic carbocycles. The van der Waals surface area contributed by atoms with Crippen molar-refractivity contribution in [3.63, 3.8) is 0 Å². The van der Waals surface area contributed by atoms with Gasteiger partial charge in [0, 0.05) is 0 Å². The van der Waals surface area contributed by atoms with E-state index in [1.54, 1.807) is 6.92 Å². The van der Waals surface area contributed by atoms with Gasteiger partial charge in [-0.2, -0.15) is 0 Å². The fourth-order valence-corrected chi connectivity index (χ4v) is 1.68. The van der Waals surface area contributed by atoms with Gasteiger partial charge in [0.25, 0.3) is 0 Å². The SMILES string of the molecule is Cc1cc(S(=O)O)cc(C(=O)O)c1Cl. The number of benzene rings is 1. The van der Waals surface area contributed by atoms with Crippen LogP contribution in [0.3, 0.4) is 0 Å². The molecule has 76 valence electrons. The molecule has 0 amide bonds. The molecule has 1 unspecified atom stereocenters. The number of carbonyl (C=O) groups is 1. The van der Waals surface area contributed by atoms with E-state index in [-0.39, 0.29) is 15.5 Å². The van der Waals surface area contributed by atoms with Crippen molar-refractivity contribution in [2.45, 2.75) is 11.8 Å². The third kappa shape index (κ3) is 2.12. The van der Waals surface area contributed by atoms with Gasteiger partial charge in [0.1, 0.15) is 0 Å². The molecule has 0 heterocycles. The maximum atomic E-state index is 10.7. The van der Waals surface area contributed by atoms with Crippen LogP contribution in [-0.4, -0.2) is 19.8 Å². The van der Waals surface area contributed by atoms with E-state index in [0.29, 0.717) is 5.56 Å². The van der Waals surface area contributed by atoms with Crippen LogP contribution in [0.25, 0.3) is 0 Å². The lowest BCUT2D eigenvalue weighted by atomic mass is 10.1. The first-order valence-corrected chi connectivity index (χ1v) is 5.06. The largest absolute Gasteiger partial charge is 0.478 e. The van der Waals surface area contributed by atoms with E-state index in [2.05, 4.69) is 0 Å². The maximum absolute atomic E-state index is 10.7. The first kappa shape index (κ1) is 11.2. The molecule has 1 rings (SSSR count). The van der Waals surface area contributed by atoms with Crippen molar-refractivity contribution in [1.82, 2.24) is 0 Å². The fraction of sp³-hybridized carbons (Fsp3) is 0.125. The van der Waals surface area contributed by atoms with E-state index < -0.39 is 17.0 Å². The summed E-state index contributed by atoms with van der Waals surface area (Å²) in [5.41, 5.74) is 0.299. The minimum absolute atomic E-state index is 0.0318. The van der Waals surface area contributed by atoms with Crippen LogP contribution in [0.5, 0.6) is 0 Å². The zero-order valence-corrected chi connectivity index (χ0v) is 8.72. The smallest absolute Gasteiger partial charge is 0.337 e. The molecule has 1 aromatic carbocycles. The van der Waals surface area contributed by atoms with Gasteiger partial charge in [-0.15, -0.1) is 0 Å².